The van der Waals surface area contributed by atoms with E-state index in [9.17, 15) is 30.9 Å². The van der Waals surface area contributed by atoms with Gasteiger partial charge in [-0.1, -0.05) is 18.2 Å². The summed E-state index contributed by atoms with van der Waals surface area (Å²) in [6, 6.07) is 6.52. The van der Waals surface area contributed by atoms with Crippen LogP contribution in [0.5, 0.6) is 5.75 Å². The predicted octanol–water partition coefficient (Wildman–Crippen LogP) is 4.40. The number of rotatable bonds is 5. The molecule has 0 amide bonds. The lowest BCUT2D eigenvalue weighted by Gasteiger charge is -2.21. The Hall–Kier alpha value is -1.21. The van der Waals surface area contributed by atoms with Crippen molar-refractivity contribution in [2.75, 3.05) is 12.8 Å². The van der Waals surface area contributed by atoms with Crippen LogP contribution in [0.15, 0.2) is 30.3 Å². The lowest BCUT2D eigenvalue weighted by molar-refractivity contribution is -0.156. The number of benzene rings is 1. The molecule has 20 heavy (non-hydrogen) atoms. The normalized spacial score (nSPS) is 15.7. The maximum atomic E-state index is 12.3. The van der Waals surface area contributed by atoms with Crippen molar-refractivity contribution in [1.82, 2.24) is 0 Å². The first-order valence-corrected chi connectivity index (χ1v) is 6.84. The fourth-order valence-corrected chi connectivity index (χ4v) is 2.57. The standard InChI is InChI=1S/C10H9F6O3P/c11-9(12,13)6-18-20(17,7-10(14,15)16)19-8-4-2-1-3-5-8/h1-5H,6-7H2. The molecule has 0 aliphatic carbocycles. The predicted molar refractivity (Wildman–Crippen MR) is 57.6 cm³/mol. The third kappa shape index (κ3) is 6.81. The highest BCUT2D eigenvalue weighted by Gasteiger charge is 2.44. The van der Waals surface area contributed by atoms with Crippen LogP contribution in [-0.2, 0) is 9.09 Å². The summed E-state index contributed by atoms with van der Waals surface area (Å²) in [5.74, 6) is -0.276. The second kappa shape index (κ2) is 6.05. The SMILES string of the molecule is O=P(CC(F)(F)F)(OCC(F)(F)F)Oc1ccccc1. The molecule has 114 valence electrons. The lowest BCUT2D eigenvalue weighted by atomic mass is 10.3. The zero-order valence-corrected chi connectivity index (χ0v) is 10.6. The molecule has 0 saturated carbocycles. The first kappa shape index (κ1) is 16.8. The highest BCUT2D eigenvalue weighted by Crippen LogP contribution is 2.52. The van der Waals surface area contributed by atoms with Gasteiger partial charge in [-0.2, -0.15) is 26.3 Å². The Morgan fingerprint density at radius 3 is 1.95 bits per heavy atom. The van der Waals surface area contributed by atoms with Gasteiger partial charge in [-0.15, -0.1) is 0 Å². The third-order valence-corrected chi connectivity index (χ3v) is 3.54. The van der Waals surface area contributed by atoms with Gasteiger partial charge in [-0.05, 0) is 12.1 Å². The van der Waals surface area contributed by atoms with E-state index in [0.29, 0.717) is 0 Å². The van der Waals surface area contributed by atoms with E-state index in [-0.39, 0.29) is 5.75 Å². The van der Waals surface area contributed by atoms with E-state index < -0.39 is 32.7 Å². The van der Waals surface area contributed by atoms with Gasteiger partial charge < -0.3 is 4.52 Å². The van der Waals surface area contributed by atoms with Crippen molar-refractivity contribution in [3.63, 3.8) is 0 Å². The maximum absolute atomic E-state index is 12.3. The summed E-state index contributed by atoms with van der Waals surface area (Å²) in [5, 5.41) is 0. The largest absolute Gasteiger partial charge is 0.424 e. The molecule has 0 heterocycles. The van der Waals surface area contributed by atoms with Gasteiger partial charge >= 0.3 is 19.9 Å². The monoisotopic (exact) mass is 322 g/mol. The van der Waals surface area contributed by atoms with Crippen LogP contribution in [0.1, 0.15) is 0 Å². The van der Waals surface area contributed by atoms with Gasteiger partial charge in [-0.3, -0.25) is 4.52 Å². The van der Waals surface area contributed by atoms with Crippen molar-refractivity contribution in [3.8, 4) is 5.75 Å². The molecule has 1 aromatic carbocycles. The summed E-state index contributed by atoms with van der Waals surface area (Å²) in [6.45, 7) is -2.09. The molecule has 1 aromatic rings. The fourth-order valence-electron chi connectivity index (χ4n) is 1.14. The number of hydrogen-bond acceptors (Lipinski definition) is 3. The highest BCUT2D eigenvalue weighted by atomic mass is 31.2. The quantitative estimate of drug-likeness (QED) is 0.595. The fraction of sp³-hybridized carbons (Fsp3) is 0.400. The molecule has 0 bridgehead atoms. The lowest BCUT2D eigenvalue weighted by Crippen LogP contribution is -2.22. The Labute approximate surface area is 110 Å². The van der Waals surface area contributed by atoms with Crippen molar-refractivity contribution in [2.24, 2.45) is 0 Å². The topological polar surface area (TPSA) is 35.5 Å². The molecule has 3 nitrogen and oxygen atoms in total. The van der Waals surface area contributed by atoms with E-state index in [0.717, 1.165) is 12.1 Å². The molecule has 10 heteroatoms. The van der Waals surface area contributed by atoms with Crippen molar-refractivity contribution >= 4 is 7.60 Å². The maximum Gasteiger partial charge on any atom is 0.412 e. The zero-order chi connectivity index (χ0) is 15.4. The van der Waals surface area contributed by atoms with E-state index in [1.807, 2.05) is 0 Å². The summed E-state index contributed by atoms with van der Waals surface area (Å²) < 4.78 is 92.8. The van der Waals surface area contributed by atoms with Gasteiger partial charge in [0.2, 0.25) is 0 Å². The number of halogens is 6. The molecule has 0 saturated heterocycles. The van der Waals surface area contributed by atoms with E-state index in [2.05, 4.69) is 9.05 Å². The van der Waals surface area contributed by atoms with Crippen molar-refractivity contribution in [2.45, 2.75) is 12.4 Å². The van der Waals surface area contributed by atoms with Crippen LogP contribution in [0.4, 0.5) is 26.3 Å². The molecule has 0 aliphatic rings. The molecular formula is C10H9F6O3P. The van der Waals surface area contributed by atoms with E-state index in [4.69, 9.17) is 0 Å². The van der Waals surface area contributed by atoms with Crippen molar-refractivity contribution < 1.29 is 40.0 Å². The Morgan fingerprint density at radius 2 is 1.50 bits per heavy atom. The molecule has 0 N–H and O–H groups in total. The second-order valence-electron chi connectivity index (χ2n) is 3.68. The minimum absolute atomic E-state index is 0.276. The first-order valence-electron chi connectivity index (χ1n) is 5.11. The van der Waals surface area contributed by atoms with Crippen LogP contribution < -0.4 is 4.52 Å². The van der Waals surface area contributed by atoms with Crippen LogP contribution in [0, 0.1) is 0 Å². The summed E-state index contributed by atoms with van der Waals surface area (Å²) >= 11 is 0. The first-order chi connectivity index (χ1) is 8.99. The Kier molecular flexibility index (Phi) is 5.10. The molecular weight excluding hydrogens is 313 g/mol. The molecule has 0 spiro atoms. The molecule has 1 rings (SSSR count). The summed E-state index contributed by atoms with van der Waals surface area (Å²) in [7, 11) is -5.00. The summed E-state index contributed by atoms with van der Waals surface area (Å²) in [5.41, 5.74) is 0. The van der Waals surface area contributed by atoms with Crippen molar-refractivity contribution in [3.05, 3.63) is 30.3 Å². The van der Waals surface area contributed by atoms with Crippen LogP contribution in [0.25, 0.3) is 0 Å². The Morgan fingerprint density at radius 1 is 0.950 bits per heavy atom. The van der Waals surface area contributed by atoms with Crippen LogP contribution >= 0.6 is 7.60 Å². The number of para-hydroxylation sites is 1. The average Bonchev–Trinajstić information content (AvgIpc) is 2.24. The zero-order valence-electron chi connectivity index (χ0n) is 9.74. The minimum atomic E-state index is -5.00. The molecule has 0 aromatic heterocycles. The Balaban J connectivity index is 2.87. The highest BCUT2D eigenvalue weighted by molar-refractivity contribution is 7.54. The van der Waals surface area contributed by atoms with E-state index >= 15 is 0 Å². The Bertz CT molecular complexity index is 470. The van der Waals surface area contributed by atoms with Crippen LogP contribution in [0.2, 0.25) is 0 Å². The minimum Gasteiger partial charge on any atom is -0.424 e. The van der Waals surface area contributed by atoms with Gasteiger partial charge in [0.25, 0.3) is 0 Å². The average molecular weight is 322 g/mol. The smallest absolute Gasteiger partial charge is 0.412 e. The molecule has 0 radical (unpaired) electrons. The molecule has 0 aliphatic heterocycles. The third-order valence-electron chi connectivity index (χ3n) is 1.79. The number of hydrogen-bond donors (Lipinski definition) is 0. The van der Waals surface area contributed by atoms with E-state index in [1.165, 1.54) is 18.2 Å². The number of alkyl halides is 6. The van der Waals surface area contributed by atoms with Crippen LogP contribution in [0.3, 0.4) is 0 Å². The molecule has 1 unspecified atom stereocenters. The van der Waals surface area contributed by atoms with Gasteiger partial charge in [0, 0.05) is 0 Å². The molecule has 1 atom stereocenters. The van der Waals surface area contributed by atoms with Crippen molar-refractivity contribution in [1.29, 1.82) is 0 Å². The van der Waals surface area contributed by atoms with Gasteiger partial charge in [0.1, 0.15) is 5.75 Å². The van der Waals surface area contributed by atoms with Gasteiger partial charge in [0.15, 0.2) is 12.8 Å². The van der Waals surface area contributed by atoms with Gasteiger partial charge in [-0.25, -0.2) is 4.57 Å². The van der Waals surface area contributed by atoms with E-state index in [1.54, 1.807) is 0 Å². The molecule has 0 fully saturated rings. The van der Waals surface area contributed by atoms with Crippen LogP contribution in [-0.4, -0.2) is 25.1 Å². The summed E-state index contributed by atoms with van der Waals surface area (Å²) in [4.78, 5) is 0. The summed E-state index contributed by atoms with van der Waals surface area (Å²) in [6.07, 6.45) is -12.0. The van der Waals surface area contributed by atoms with Gasteiger partial charge in [0.05, 0.1) is 0 Å². The second-order valence-corrected chi connectivity index (χ2v) is 5.66.